The molecule has 2 aromatic heterocycles. The Morgan fingerprint density at radius 3 is 2.86 bits per heavy atom. The maximum absolute atomic E-state index is 11.9. The van der Waals surface area contributed by atoms with Crippen LogP contribution in [-0.4, -0.2) is 16.9 Å². The van der Waals surface area contributed by atoms with Crippen LogP contribution in [0.4, 0.5) is 5.69 Å². The normalized spacial score (nSPS) is 10.2. The Balaban J connectivity index is 1.70. The van der Waals surface area contributed by atoms with Gasteiger partial charge in [-0.05, 0) is 24.3 Å². The fraction of sp³-hybridized carbons (Fsp3) is 0. The van der Waals surface area contributed by atoms with Crippen molar-refractivity contribution in [3.05, 3.63) is 65.0 Å². The molecule has 0 spiro atoms. The molecule has 0 aliphatic heterocycles. The SMILES string of the molecule is O=C(Oc1cccc(NC(=O)c2ccco2)c1)c1cscn1. The number of hydrogen-bond donors (Lipinski definition) is 1. The van der Waals surface area contributed by atoms with E-state index >= 15 is 0 Å². The number of ether oxygens (including phenoxy) is 1. The van der Waals surface area contributed by atoms with Gasteiger partial charge in [-0.1, -0.05) is 6.07 Å². The van der Waals surface area contributed by atoms with Crippen LogP contribution < -0.4 is 10.1 Å². The topological polar surface area (TPSA) is 81.4 Å². The molecule has 0 fully saturated rings. The van der Waals surface area contributed by atoms with Crippen LogP contribution in [0.25, 0.3) is 0 Å². The highest BCUT2D eigenvalue weighted by molar-refractivity contribution is 7.07. The molecule has 0 atom stereocenters. The summed E-state index contributed by atoms with van der Waals surface area (Å²) in [5.41, 5.74) is 2.29. The lowest BCUT2D eigenvalue weighted by Crippen LogP contribution is -2.12. The van der Waals surface area contributed by atoms with E-state index < -0.39 is 5.97 Å². The van der Waals surface area contributed by atoms with E-state index in [1.54, 1.807) is 47.3 Å². The van der Waals surface area contributed by atoms with Crippen molar-refractivity contribution in [1.29, 1.82) is 0 Å². The predicted molar refractivity (Wildman–Crippen MR) is 80.2 cm³/mol. The highest BCUT2D eigenvalue weighted by atomic mass is 32.1. The van der Waals surface area contributed by atoms with Crippen molar-refractivity contribution in [3.8, 4) is 5.75 Å². The monoisotopic (exact) mass is 314 g/mol. The lowest BCUT2D eigenvalue weighted by Gasteiger charge is -2.06. The molecule has 2 heterocycles. The van der Waals surface area contributed by atoms with Crippen LogP contribution in [0.1, 0.15) is 21.0 Å². The number of benzene rings is 1. The van der Waals surface area contributed by atoms with Crippen LogP contribution >= 0.6 is 11.3 Å². The molecule has 3 aromatic rings. The first-order chi connectivity index (χ1) is 10.7. The van der Waals surface area contributed by atoms with Crippen LogP contribution in [0.3, 0.4) is 0 Å². The van der Waals surface area contributed by atoms with Crippen molar-refractivity contribution in [2.45, 2.75) is 0 Å². The predicted octanol–water partition coefficient (Wildman–Crippen LogP) is 3.21. The fourth-order valence-electron chi connectivity index (χ4n) is 1.71. The van der Waals surface area contributed by atoms with E-state index in [9.17, 15) is 9.59 Å². The van der Waals surface area contributed by atoms with Crippen molar-refractivity contribution in [2.24, 2.45) is 0 Å². The zero-order valence-electron chi connectivity index (χ0n) is 11.2. The molecule has 1 N–H and O–H groups in total. The number of anilines is 1. The maximum atomic E-state index is 11.9. The molecule has 0 saturated heterocycles. The number of rotatable bonds is 4. The van der Waals surface area contributed by atoms with Gasteiger partial charge >= 0.3 is 5.97 Å². The molecule has 1 amide bonds. The molecule has 0 saturated carbocycles. The number of furan rings is 1. The smallest absolute Gasteiger partial charge is 0.363 e. The van der Waals surface area contributed by atoms with E-state index in [4.69, 9.17) is 9.15 Å². The van der Waals surface area contributed by atoms with Crippen molar-refractivity contribution in [3.63, 3.8) is 0 Å². The highest BCUT2D eigenvalue weighted by Crippen LogP contribution is 2.19. The number of esters is 1. The molecule has 6 nitrogen and oxygen atoms in total. The second-order valence-electron chi connectivity index (χ2n) is 4.22. The number of thiazole rings is 1. The zero-order chi connectivity index (χ0) is 15.4. The van der Waals surface area contributed by atoms with Crippen LogP contribution in [0, 0.1) is 0 Å². The van der Waals surface area contributed by atoms with E-state index in [2.05, 4.69) is 10.3 Å². The number of carbonyl (C=O) groups excluding carboxylic acids is 2. The minimum Gasteiger partial charge on any atom is -0.459 e. The standard InChI is InChI=1S/C15H10N2O4S/c18-14(13-5-2-6-20-13)17-10-3-1-4-11(7-10)21-15(19)12-8-22-9-16-12/h1-9H,(H,17,18). The van der Waals surface area contributed by atoms with Crippen LogP contribution in [0.15, 0.2) is 58.0 Å². The van der Waals surface area contributed by atoms with E-state index in [1.807, 2.05) is 0 Å². The summed E-state index contributed by atoms with van der Waals surface area (Å²) in [6.45, 7) is 0. The summed E-state index contributed by atoms with van der Waals surface area (Å²) >= 11 is 1.31. The van der Waals surface area contributed by atoms with Gasteiger partial charge in [-0.25, -0.2) is 9.78 Å². The van der Waals surface area contributed by atoms with E-state index in [0.29, 0.717) is 11.4 Å². The molecule has 0 radical (unpaired) electrons. The molecular weight excluding hydrogens is 304 g/mol. The van der Waals surface area contributed by atoms with Crippen LogP contribution in [0.2, 0.25) is 0 Å². The summed E-state index contributed by atoms with van der Waals surface area (Å²) in [5.74, 6) is -0.413. The van der Waals surface area contributed by atoms with Crippen LogP contribution in [0.5, 0.6) is 5.75 Å². The number of amides is 1. The van der Waals surface area contributed by atoms with Crippen molar-refractivity contribution in [2.75, 3.05) is 5.32 Å². The Morgan fingerprint density at radius 1 is 1.23 bits per heavy atom. The minimum atomic E-state index is -0.546. The highest BCUT2D eigenvalue weighted by Gasteiger charge is 2.12. The third kappa shape index (κ3) is 3.21. The van der Waals surface area contributed by atoms with Gasteiger partial charge in [-0.3, -0.25) is 4.79 Å². The van der Waals surface area contributed by atoms with Crippen molar-refractivity contribution < 1.29 is 18.7 Å². The van der Waals surface area contributed by atoms with Gasteiger partial charge in [0, 0.05) is 17.1 Å². The quantitative estimate of drug-likeness (QED) is 0.590. The number of aromatic nitrogens is 1. The van der Waals surface area contributed by atoms with Gasteiger partial charge in [0.05, 0.1) is 11.8 Å². The Kier molecular flexibility index (Phi) is 3.97. The number of nitrogens with one attached hydrogen (secondary N) is 1. The van der Waals surface area contributed by atoms with Gasteiger partial charge in [-0.15, -0.1) is 11.3 Å². The second-order valence-corrected chi connectivity index (χ2v) is 4.94. The first kappa shape index (κ1) is 14.0. The summed E-state index contributed by atoms with van der Waals surface area (Å²) in [4.78, 5) is 27.6. The van der Waals surface area contributed by atoms with Gasteiger partial charge < -0.3 is 14.5 Å². The van der Waals surface area contributed by atoms with Gasteiger partial charge in [0.2, 0.25) is 0 Å². The third-order valence-corrected chi connectivity index (χ3v) is 3.28. The molecule has 7 heteroatoms. The molecule has 22 heavy (non-hydrogen) atoms. The van der Waals surface area contributed by atoms with Gasteiger partial charge in [0.15, 0.2) is 11.5 Å². The molecule has 3 rings (SSSR count). The average molecular weight is 314 g/mol. The van der Waals surface area contributed by atoms with Gasteiger partial charge in [0.25, 0.3) is 5.91 Å². The van der Waals surface area contributed by atoms with Crippen LogP contribution in [-0.2, 0) is 0 Å². The Labute approximate surface area is 129 Å². The Bertz CT molecular complexity index is 718. The molecule has 1 aromatic carbocycles. The average Bonchev–Trinajstić information content (AvgIpc) is 3.21. The first-order valence-electron chi connectivity index (χ1n) is 6.27. The van der Waals surface area contributed by atoms with Gasteiger partial charge in [-0.2, -0.15) is 0 Å². The molecular formula is C15H10N2O4S. The summed E-state index contributed by atoms with van der Waals surface area (Å²) in [6, 6.07) is 9.70. The molecule has 110 valence electrons. The zero-order valence-corrected chi connectivity index (χ0v) is 12.0. The Hall–Kier alpha value is -2.93. The van der Waals surface area contributed by atoms with E-state index in [-0.39, 0.29) is 17.4 Å². The maximum Gasteiger partial charge on any atom is 0.363 e. The van der Waals surface area contributed by atoms with Gasteiger partial charge in [0.1, 0.15) is 5.75 Å². The summed E-state index contributed by atoms with van der Waals surface area (Å²) in [6.07, 6.45) is 1.42. The van der Waals surface area contributed by atoms with Crippen molar-refractivity contribution >= 4 is 28.9 Å². The lowest BCUT2D eigenvalue weighted by atomic mass is 10.3. The second kappa shape index (κ2) is 6.23. The minimum absolute atomic E-state index is 0.199. The number of carbonyl (C=O) groups is 2. The Morgan fingerprint density at radius 2 is 2.14 bits per heavy atom. The third-order valence-electron chi connectivity index (χ3n) is 2.69. The summed E-state index contributed by atoms with van der Waals surface area (Å²) in [7, 11) is 0. The molecule has 0 unspecified atom stereocenters. The molecule has 0 aliphatic rings. The molecule has 0 aliphatic carbocycles. The molecule has 0 bridgehead atoms. The fourth-order valence-corrected chi connectivity index (χ4v) is 2.23. The number of nitrogens with zero attached hydrogens (tertiary/aromatic N) is 1. The number of hydrogen-bond acceptors (Lipinski definition) is 6. The largest absolute Gasteiger partial charge is 0.459 e. The van der Waals surface area contributed by atoms with E-state index in [1.165, 1.54) is 17.6 Å². The van der Waals surface area contributed by atoms with Crippen molar-refractivity contribution in [1.82, 2.24) is 4.98 Å². The van der Waals surface area contributed by atoms with E-state index in [0.717, 1.165) is 0 Å². The lowest BCUT2D eigenvalue weighted by molar-refractivity contribution is 0.0729. The summed E-state index contributed by atoms with van der Waals surface area (Å²) < 4.78 is 10.2. The first-order valence-corrected chi connectivity index (χ1v) is 7.22. The summed E-state index contributed by atoms with van der Waals surface area (Å²) in [5, 5.41) is 4.26.